The number of rotatable bonds is 21. The molecule has 0 rings (SSSR count). The Bertz CT molecular complexity index is 444. The Balaban J connectivity index is 3.56. The fraction of sp³-hybridized carbons (Fsp3) is 0.846. The number of unbranched alkanes of at least 4 members (excludes halogenated alkanes) is 13. The van der Waals surface area contributed by atoms with Crippen molar-refractivity contribution in [3.63, 3.8) is 0 Å². The van der Waals surface area contributed by atoms with Crippen LogP contribution in [-0.4, -0.2) is 35.0 Å². The summed E-state index contributed by atoms with van der Waals surface area (Å²) in [5.41, 5.74) is 0. The lowest BCUT2D eigenvalue weighted by Crippen LogP contribution is -2.33. The highest BCUT2D eigenvalue weighted by molar-refractivity contribution is 5.82. The van der Waals surface area contributed by atoms with Crippen molar-refractivity contribution < 1.29 is 14.7 Å². The molecule has 0 aliphatic rings. The summed E-state index contributed by atoms with van der Waals surface area (Å²) in [4.78, 5) is 25.3. The molecule has 0 bridgehead atoms. The van der Waals surface area contributed by atoms with Crippen LogP contribution >= 0.6 is 0 Å². The van der Waals surface area contributed by atoms with E-state index in [9.17, 15) is 14.7 Å². The van der Waals surface area contributed by atoms with E-state index in [0.717, 1.165) is 12.8 Å². The lowest BCUT2D eigenvalue weighted by atomic mass is 9.96. The van der Waals surface area contributed by atoms with Crippen molar-refractivity contribution >= 4 is 11.9 Å². The summed E-state index contributed by atoms with van der Waals surface area (Å²) in [6.45, 7) is 7.26. The number of allylic oxidation sites excluding steroid dienone is 2. The largest absolute Gasteiger partial charge is 0.481 e. The summed E-state index contributed by atoms with van der Waals surface area (Å²) < 4.78 is 0. The Hall–Kier alpha value is -1.32. The summed E-state index contributed by atoms with van der Waals surface area (Å²) in [6.07, 6.45) is 23.1. The van der Waals surface area contributed by atoms with Crippen LogP contribution in [0.1, 0.15) is 124 Å². The Kier molecular flexibility index (Phi) is 20.0. The van der Waals surface area contributed by atoms with Crippen LogP contribution in [-0.2, 0) is 9.59 Å². The molecule has 0 aromatic heterocycles. The van der Waals surface area contributed by atoms with Gasteiger partial charge in [0.05, 0.1) is 5.92 Å². The van der Waals surface area contributed by atoms with Gasteiger partial charge in [0.1, 0.15) is 0 Å². The van der Waals surface area contributed by atoms with Crippen molar-refractivity contribution in [1.82, 2.24) is 4.90 Å². The monoisotopic (exact) mass is 423 g/mol. The van der Waals surface area contributed by atoms with Crippen molar-refractivity contribution in [3.05, 3.63) is 12.2 Å². The first-order valence-corrected chi connectivity index (χ1v) is 12.7. The van der Waals surface area contributed by atoms with Crippen molar-refractivity contribution in [2.45, 2.75) is 124 Å². The lowest BCUT2D eigenvalue weighted by molar-refractivity contribution is -0.146. The van der Waals surface area contributed by atoms with Crippen LogP contribution in [0.2, 0.25) is 0 Å². The van der Waals surface area contributed by atoms with Crippen LogP contribution in [0.3, 0.4) is 0 Å². The second-order valence-corrected chi connectivity index (χ2v) is 8.55. The SMILES string of the molecule is C/C=C/CCCCCCCCCCCCCCCC(CC(=O)N(CC)CC)C(=O)O. The van der Waals surface area contributed by atoms with Crippen molar-refractivity contribution in [1.29, 1.82) is 0 Å². The molecule has 1 atom stereocenters. The highest BCUT2D eigenvalue weighted by Crippen LogP contribution is 2.18. The smallest absolute Gasteiger partial charge is 0.307 e. The van der Waals surface area contributed by atoms with E-state index in [1.54, 1.807) is 4.90 Å². The van der Waals surface area contributed by atoms with E-state index in [1.165, 1.54) is 77.0 Å². The van der Waals surface area contributed by atoms with Gasteiger partial charge in [0, 0.05) is 19.5 Å². The number of hydrogen-bond donors (Lipinski definition) is 1. The average molecular weight is 424 g/mol. The van der Waals surface area contributed by atoms with Crippen LogP contribution in [0.25, 0.3) is 0 Å². The Morgan fingerprint density at radius 2 is 1.20 bits per heavy atom. The maximum atomic E-state index is 12.2. The van der Waals surface area contributed by atoms with E-state index >= 15 is 0 Å². The first kappa shape index (κ1) is 28.7. The second kappa shape index (κ2) is 20.9. The summed E-state index contributed by atoms with van der Waals surface area (Å²) in [7, 11) is 0. The lowest BCUT2D eigenvalue weighted by Gasteiger charge is -2.21. The van der Waals surface area contributed by atoms with Gasteiger partial charge in [-0.1, -0.05) is 89.2 Å². The number of carboxylic acid groups (broad SMARTS) is 1. The van der Waals surface area contributed by atoms with Crippen LogP contribution in [0.5, 0.6) is 0 Å². The number of nitrogens with zero attached hydrogens (tertiary/aromatic N) is 1. The van der Waals surface area contributed by atoms with E-state index in [2.05, 4.69) is 19.1 Å². The fourth-order valence-corrected chi connectivity index (χ4v) is 3.99. The Morgan fingerprint density at radius 3 is 1.60 bits per heavy atom. The molecule has 1 N–H and O–H groups in total. The minimum absolute atomic E-state index is 0.0268. The van der Waals surface area contributed by atoms with Crippen LogP contribution in [0.15, 0.2) is 12.2 Å². The molecule has 0 fully saturated rings. The standard InChI is InChI=1S/C26H49NO3/c1-4-7-8-9-10-11-12-13-14-15-16-17-18-19-20-21-22-24(26(29)30)23-25(28)27(5-2)6-3/h4,7,24H,5-6,8-23H2,1-3H3,(H,29,30)/b7-4+. The molecule has 0 spiro atoms. The van der Waals surface area contributed by atoms with Gasteiger partial charge in [-0.15, -0.1) is 0 Å². The second-order valence-electron chi connectivity index (χ2n) is 8.55. The van der Waals surface area contributed by atoms with Gasteiger partial charge in [0.25, 0.3) is 0 Å². The summed E-state index contributed by atoms with van der Waals surface area (Å²) >= 11 is 0. The topological polar surface area (TPSA) is 57.6 Å². The third-order valence-corrected chi connectivity index (χ3v) is 6.05. The number of amides is 1. The molecule has 0 saturated carbocycles. The number of hydrogen-bond acceptors (Lipinski definition) is 2. The summed E-state index contributed by atoms with van der Waals surface area (Å²) in [6, 6.07) is 0. The first-order valence-electron chi connectivity index (χ1n) is 12.7. The van der Waals surface area contributed by atoms with Crippen LogP contribution in [0, 0.1) is 5.92 Å². The van der Waals surface area contributed by atoms with E-state index in [0.29, 0.717) is 19.5 Å². The quantitative estimate of drug-likeness (QED) is 0.155. The zero-order valence-electron chi connectivity index (χ0n) is 20.2. The van der Waals surface area contributed by atoms with Gasteiger partial charge in [-0.2, -0.15) is 0 Å². The number of carbonyl (C=O) groups excluding carboxylic acids is 1. The zero-order valence-corrected chi connectivity index (χ0v) is 20.2. The van der Waals surface area contributed by atoms with E-state index in [1.807, 2.05) is 13.8 Å². The van der Waals surface area contributed by atoms with E-state index < -0.39 is 11.9 Å². The molecular formula is C26H49NO3. The molecule has 0 aliphatic carbocycles. The van der Waals surface area contributed by atoms with Gasteiger partial charge in [0.15, 0.2) is 0 Å². The molecular weight excluding hydrogens is 374 g/mol. The molecule has 30 heavy (non-hydrogen) atoms. The number of aliphatic carboxylic acids is 1. The van der Waals surface area contributed by atoms with Gasteiger partial charge >= 0.3 is 5.97 Å². The summed E-state index contributed by atoms with van der Waals surface area (Å²) in [5.74, 6) is -1.38. The zero-order chi connectivity index (χ0) is 22.5. The highest BCUT2D eigenvalue weighted by Gasteiger charge is 2.22. The van der Waals surface area contributed by atoms with Gasteiger partial charge in [-0.25, -0.2) is 0 Å². The maximum absolute atomic E-state index is 12.2. The molecule has 0 aromatic carbocycles. The van der Waals surface area contributed by atoms with Gasteiger partial charge in [-0.3, -0.25) is 9.59 Å². The van der Waals surface area contributed by atoms with Gasteiger partial charge in [-0.05, 0) is 40.0 Å². The summed E-state index contributed by atoms with van der Waals surface area (Å²) in [5, 5.41) is 9.40. The molecule has 176 valence electrons. The van der Waals surface area contributed by atoms with Crippen LogP contribution < -0.4 is 0 Å². The van der Waals surface area contributed by atoms with Crippen molar-refractivity contribution in [2.24, 2.45) is 5.92 Å². The molecule has 0 heterocycles. The van der Waals surface area contributed by atoms with Gasteiger partial charge < -0.3 is 10.0 Å². The number of carbonyl (C=O) groups is 2. The predicted octanol–water partition coefficient (Wildman–Crippen LogP) is 7.37. The Labute approximate surface area is 186 Å². The predicted molar refractivity (Wildman–Crippen MR) is 128 cm³/mol. The normalized spacial score (nSPS) is 12.4. The molecule has 1 amide bonds. The van der Waals surface area contributed by atoms with Crippen molar-refractivity contribution in [3.8, 4) is 0 Å². The molecule has 0 aromatic rings. The molecule has 4 heteroatoms. The first-order chi connectivity index (χ1) is 14.6. The fourth-order valence-electron chi connectivity index (χ4n) is 3.99. The number of carboxylic acids is 1. The minimum Gasteiger partial charge on any atom is -0.481 e. The molecule has 1 unspecified atom stereocenters. The van der Waals surface area contributed by atoms with E-state index in [-0.39, 0.29) is 12.3 Å². The average Bonchev–Trinajstić information content (AvgIpc) is 2.73. The molecule has 0 saturated heterocycles. The minimum atomic E-state index is -0.826. The highest BCUT2D eigenvalue weighted by atomic mass is 16.4. The Morgan fingerprint density at radius 1 is 0.767 bits per heavy atom. The molecule has 0 aliphatic heterocycles. The molecule has 4 nitrogen and oxygen atoms in total. The van der Waals surface area contributed by atoms with Crippen LogP contribution in [0.4, 0.5) is 0 Å². The van der Waals surface area contributed by atoms with Crippen molar-refractivity contribution in [2.75, 3.05) is 13.1 Å². The third kappa shape index (κ3) is 16.5. The molecule has 0 radical (unpaired) electrons. The maximum Gasteiger partial charge on any atom is 0.307 e. The third-order valence-electron chi connectivity index (χ3n) is 6.05. The van der Waals surface area contributed by atoms with Gasteiger partial charge in [0.2, 0.25) is 5.91 Å². The van der Waals surface area contributed by atoms with E-state index in [4.69, 9.17) is 0 Å².